The van der Waals surface area contributed by atoms with Crippen molar-refractivity contribution in [2.45, 2.75) is 11.8 Å². The summed E-state index contributed by atoms with van der Waals surface area (Å²) in [5, 5.41) is 3.95. The first-order valence-corrected chi connectivity index (χ1v) is 11.8. The molecule has 0 radical (unpaired) electrons. The summed E-state index contributed by atoms with van der Waals surface area (Å²) in [5.74, 6) is -0.221. The first-order valence-electron chi connectivity index (χ1n) is 8.71. The second kappa shape index (κ2) is 9.27. The van der Waals surface area contributed by atoms with E-state index in [0.29, 0.717) is 31.1 Å². The van der Waals surface area contributed by atoms with Gasteiger partial charge in [0.1, 0.15) is 0 Å². The Morgan fingerprint density at radius 2 is 1.86 bits per heavy atom. The molecule has 10 heteroatoms. The number of nitrogens with zero attached hydrogens (tertiary/aromatic N) is 3. The van der Waals surface area contributed by atoms with E-state index in [1.54, 1.807) is 30.5 Å². The molecule has 0 bridgehead atoms. The molecular weight excluding hydrogens is 464 g/mol. The Balaban J connectivity index is 1.47. The van der Waals surface area contributed by atoms with Crippen LogP contribution in [-0.4, -0.2) is 62.5 Å². The van der Waals surface area contributed by atoms with E-state index >= 15 is 0 Å². The molecule has 1 N–H and O–H groups in total. The van der Waals surface area contributed by atoms with Gasteiger partial charge >= 0.3 is 0 Å². The minimum Gasteiger partial charge on any atom is -0.292 e. The van der Waals surface area contributed by atoms with E-state index in [4.69, 9.17) is 0 Å². The van der Waals surface area contributed by atoms with Crippen molar-refractivity contribution in [2.24, 2.45) is 5.10 Å². The lowest BCUT2D eigenvalue weighted by atomic mass is 10.2. The number of piperazine rings is 1. The fourth-order valence-corrected chi connectivity index (χ4v) is 5.51. The predicted molar refractivity (Wildman–Crippen MR) is 114 cm³/mol. The Hall–Kier alpha value is -1.59. The van der Waals surface area contributed by atoms with Crippen LogP contribution < -0.4 is 5.43 Å². The Kier molecular flexibility index (Phi) is 7.00. The number of hydrogen-bond acceptors (Lipinski definition) is 6. The van der Waals surface area contributed by atoms with Crippen LogP contribution in [0.15, 0.2) is 50.2 Å². The van der Waals surface area contributed by atoms with Gasteiger partial charge in [-0.2, -0.15) is 9.41 Å². The number of halogens is 1. The third-order valence-corrected chi connectivity index (χ3v) is 7.80. The van der Waals surface area contributed by atoms with Crippen molar-refractivity contribution in [1.82, 2.24) is 14.6 Å². The molecule has 0 spiro atoms. The Morgan fingerprint density at radius 3 is 2.46 bits per heavy atom. The topological polar surface area (TPSA) is 82.1 Å². The highest BCUT2D eigenvalue weighted by molar-refractivity contribution is 9.11. The van der Waals surface area contributed by atoms with E-state index < -0.39 is 10.0 Å². The zero-order valence-electron chi connectivity index (χ0n) is 15.3. The second-order valence-corrected chi connectivity index (χ2v) is 10.9. The van der Waals surface area contributed by atoms with Crippen molar-refractivity contribution in [3.63, 3.8) is 0 Å². The normalized spacial score (nSPS) is 16.5. The quantitative estimate of drug-likeness (QED) is 0.503. The van der Waals surface area contributed by atoms with Crippen LogP contribution in [0.4, 0.5) is 0 Å². The average molecular weight is 485 g/mol. The number of carbonyl (C=O) groups excluding carboxylic acids is 1. The molecule has 1 aliphatic rings. The predicted octanol–water partition coefficient (Wildman–Crippen LogP) is 2.28. The highest BCUT2D eigenvalue weighted by Gasteiger charge is 2.28. The highest BCUT2D eigenvalue weighted by atomic mass is 79.9. The number of rotatable bonds is 6. The van der Waals surface area contributed by atoms with Crippen LogP contribution in [0.5, 0.6) is 0 Å². The second-order valence-electron chi connectivity index (χ2n) is 6.43. The summed E-state index contributed by atoms with van der Waals surface area (Å²) < 4.78 is 27.9. The van der Waals surface area contributed by atoms with Crippen LogP contribution in [0.3, 0.4) is 0 Å². The summed E-state index contributed by atoms with van der Waals surface area (Å²) >= 11 is 4.89. The number of hydrogen-bond donors (Lipinski definition) is 1. The molecule has 1 saturated heterocycles. The SMILES string of the molecule is Cc1ccc(S(=O)(=O)N2CCN(CC(=O)NN=Cc3ccc(Br)s3)CC2)cc1. The van der Waals surface area contributed by atoms with Gasteiger partial charge in [-0.3, -0.25) is 9.69 Å². The minimum atomic E-state index is -3.49. The van der Waals surface area contributed by atoms with Crippen LogP contribution in [0, 0.1) is 6.92 Å². The number of aryl methyl sites for hydroxylation is 1. The number of carbonyl (C=O) groups is 1. The third-order valence-electron chi connectivity index (χ3n) is 4.33. The van der Waals surface area contributed by atoms with Crippen LogP contribution in [0.2, 0.25) is 0 Å². The van der Waals surface area contributed by atoms with E-state index in [1.807, 2.05) is 24.0 Å². The Labute approximate surface area is 177 Å². The zero-order valence-corrected chi connectivity index (χ0v) is 18.6. The highest BCUT2D eigenvalue weighted by Crippen LogP contribution is 2.20. The summed E-state index contributed by atoms with van der Waals surface area (Å²) in [5.41, 5.74) is 3.53. The zero-order chi connectivity index (χ0) is 20.1. The van der Waals surface area contributed by atoms with Crippen LogP contribution in [0.25, 0.3) is 0 Å². The number of hydrazone groups is 1. The number of benzene rings is 1. The smallest absolute Gasteiger partial charge is 0.254 e. The van der Waals surface area contributed by atoms with Crippen molar-refractivity contribution < 1.29 is 13.2 Å². The minimum absolute atomic E-state index is 0.184. The molecule has 150 valence electrons. The third kappa shape index (κ3) is 5.48. The monoisotopic (exact) mass is 484 g/mol. The summed E-state index contributed by atoms with van der Waals surface area (Å²) in [6.45, 7) is 3.82. The summed E-state index contributed by atoms with van der Waals surface area (Å²) in [6, 6.07) is 10.7. The Bertz CT molecular complexity index is 949. The largest absolute Gasteiger partial charge is 0.292 e. The molecule has 1 amide bonds. The van der Waals surface area contributed by atoms with Gasteiger partial charge in [0.05, 0.1) is 21.4 Å². The number of nitrogens with one attached hydrogen (secondary N) is 1. The number of thiophene rings is 1. The van der Waals surface area contributed by atoms with Crippen LogP contribution in [0.1, 0.15) is 10.4 Å². The number of amides is 1. The lowest BCUT2D eigenvalue weighted by molar-refractivity contribution is -0.122. The molecule has 0 saturated carbocycles. The molecule has 0 atom stereocenters. The lowest BCUT2D eigenvalue weighted by Gasteiger charge is -2.33. The molecule has 1 aromatic heterocycles. The average Bonchev–Trinajstić information content (AvgIpc) is 3.08. The van der Waals surface area contributed by atoms with Gasteiger partial charge in [0.15, 0.2) is 0 Å². The summed E-state index contributed by atoms with van der Waals surface area (Å²) in [7, 11) is -3.49. The molecule has 7 nitrogen and oxygen atoms in total. The van der Waals surface area contributed by atoms with Crippen molar-refractivity contribution >= 4 is 49.4 Å². The van der Waals surface area contributed by atoms with Gasteiger partial charge in [0, 0.05) is 31.1 Å². The van der Waals surface area contributed by atoms with Crippen molar-refractivity contribution in [3.05, 3.63) is 50.6 Å². The van der Waals surface area contributed by atoms with E-state index in [9.17, 15) is 13.2 Å². The van der Waals surface area contributed by atoms with Gasteiger partial charge in [0.25, 0.3) is 5.91 Å². The molecular formula is C18H21BrN4O3S2. The van der Waals surface area contributed by atoms with E-state index in [0.717, 1.165) is 14.2 Å². The molecule has 1 aromatic carbocycles. The van der Waals surface area contributed by atoms with Crippen LogP contribution in [-0.2, 0) is 14.8 Å². The lowest BCUT2D eigenvalue weighted by Crippen LogP contribution is -2.50. The van der Waals surface area contributed by atoms with E-state index in [2.05, 4.69) is 26.5 Å². The van der Waals surface area contributed by atoms with Crippen molar-refractivity contribution in [2.75, 3.05) is 32.7 Å². The van der Waals surface area contributed by atoms with Gasteiger partial charge in [-0.05, 0) is 47.1 Å². The fourth-order valence-electron chi connectivity index (χ4n) is 2.79. The van der Waals surface area contributed by atoms with Crippen molar-refractivity contribution in [1.29, 1.82) is 0 Å². The molecule has 0 unspecified atom stereocenters. The molecule has 2 aromatic rings. The molecule has 1 fully saturated rings. The number of sulfonamides is 1. The maximum atomic E-state index is 12.7. The summed E-state index contributed by atoms with van der Waals surface area (Å²) in [6.07, 6.45) is 1.60. The molecule has 0 aliphatic carbocycles. The van der Waals surface area contributed by atoms with Gasteiger partial charge in [0.2, 0.25) is 10.0 Å². The van der Waals surface area contributed by atoms with Crippen molar-refractivity contribution in [3.8, 4) is 0 Å². The van der Waals surface area contributed by atoms with Gasteiger partial charge in [-0.15, -0.1) is 11.3 Å². The standard InChI is InChI=1S/C18H21BrN4O3S2/c1-14-2-5-16(6-3-14)28(25,26)23-10-8-22(9-11-23)13-18(24)21-20-12-15-4-7-17(19)27-15/h2-7,12H,8-11,13H2,1H3,(H,21,24). The first kappa shape index (κ1) is 21.1. The summed E-state index contributed by atoms with van der Waals surface area (Å²) in [4.78, 5) is 15.2. The van der Waals surface area contributed by atoms with Gasteiger partial charge in [-0.1, -0.05) is 17.7 Å². The Morgan fingerprint density at radius 1 is 1.18 bits per heavy atom. The maximum absolute atomic E-state index is 12.7. The maximum Gasteiger partial charge on any atom is 0.254 e. The van der Waals surface area contributed by atoms with Crippen LogP contribution >= 0.6 is 27.3 Å². The molecule has 1 aliphatic heterocycles. The molecule has 3 rings (SSSR count). The van der Waals surface area contributed by atoms with Gasteiger partial charge in [-0.25, -0.2) is 13.8 Å². The molecule has 28 heavy (non-hydrogen) atoms. The fraction of sp³-hybridized carbons (Fsp3) is 0.333. The van der Waals surface area contributed by atoms with Gasteiger partial charge < -0.3 is 0 Å². The molecule has 2 heterocycles. The first-order chi connectivity index (χ1) is 13.3. The van der Waals surface area contributed by atoms with E-state index in [-0.39, 0.29) is 12.5 Å². The van der Waals surface area contributed by atoms with E-state index in [1.165, 1.54) is 15.6 Å².